The fourth-order valence-electron chi connectivity index (χ4n) is 1.83. The summed E-state index contributed by atoms with van der Waals surface area (Å²) in [6.45, 7) is 2.67. The Morgan fingerprint density at radius 3 is 3.00 bits per heavy atom. The van der Waals surface area contributed by atoms with E-state index in [1.54, 1.807) is 0 Å². The highest BCUT2D eigenvalue weighted by Gasteiger charge is 2.25. The Balaban J connectivity index is 2.30. The fraction of sp³-hybridized carbons (Fsp3) is 0.800. The molecule has 2 heteroatoms. The Hall–Kier alpha value is -0.340. The average molecular weight is 170 g/mol. The third kappa shape index (κ3) is 2.61. The van der Waals surface area contributed by atoms with Crippen LogP contribution in [0.2, 0.25) is 0 Å². The van der Waals surface area contributed by atoms with Crippen molar-refractivity contribution in [2.24, 2.45) is 5.92 Å². The molecule has 2 atom stereocenters. The van der Waals surface area contributed by atoms with Crippen molar-refractivity contribution in [1.29, 1.82) is 0 Å². The van der Waals surface area contributed by atoms with E-state index in [1.807, 2.05) is 6.92 Å². The lowest BCUT2D eigenvalue weighted by Gasteiger charge is -2.16. The largest absolute Gasteiger partial charge is 0.394 e. The molecule has 70 valence electrons. The van der Waals surface area contributed by atoms with Crippen molar-refractivity contribution in [3.8, 4) is 0 Å². The van der Waals surface area contributed by atoms with Crippen LogP contribution >= 0.6 is 0 Å². The average Bonchev–Trinajstić information content (AvgIpc) is 2.50. The quantitative estimate of drug-likeness (QED) is 0.651. The first-order valence-electron chi connectivity index (χ1n) is 4.73. The first-order chi connectivity index (χ1) is 5.88. The van der Waals surface area contributed by atoms with Crippen LogP contribution in [0.4, 0.5) is 0 Å². The number of hydrogen-bond acceptors (Lipinski definition) is 2. The number of allylic oxidation sites excluding steroid dienone is 1. The Bertz CT molecular complexity index is 143. The first kappa shape index (κ1) is 9.75. The van der Waals surface area contributed by atoms with Gasteiger partial charge in [-0.3, -0.25) is 0 Å². The molecule has 2 nitrogen and oxygen atoms in total. The van der Waals surface area contributed by atoms with Gasteiger partial charge in [-0.05, 0) is 19.8 Å². The van der Waals surface area contributed by atoms with Crippen LogP contribution in [0.1, 0.15) is 26.2 Å². The molecule has 0 saturated heterocycles. The van der Waals surface area contributed by atoms with Crippen molar-refractivity contribution in [2.45, 2.75) is 32.3 Å². The molecular weight excluding hydrogens is 152 g/mol. The van der Waals surface area contributed by atoms with Crippen LogP contribution < -0.4 is 0 Å². The number of ether oxygens (including phenoxy) is 1. The molecule has 1 N–H and O–H groups in total. The van der Waals surface area contributed by atoms with E-state index in [9.17, 15) is 0 Å². The van der Waals surface area contributed by atoms with Crippen molar-refractivity contribution < 1.29 is 9.84 Å². The summed E-state index contributed by atoms with van der Waals surface area (Å²) in [6.07, 6.45) is 8.30. The van der Waals surface area contributed by atoms with Gasteiger partial charge in [0.15, 0.2) is 0 Å². The molecular formula is C10H18O2. The van der Waals surface area contributed by atoms with Crippen LogP contribution in [0.3, 0.4) is 0 Å². The SMILES string of the molecule is C/C=C/[C@H]1CCC[C@@H]1OCCO. The van der Waals surface area contributed by atoms with E-state index in [-0.39, 0.29) is 6.61 Å². The number of aliphatic hydroxyl groups excluding tert-OH is 1. The summed E-state index contributed by atoms with van der Waals surface area (Å²) in [7, 11) is 0. The van der Waals surface area contributed by atoms with E-state index in [1.165, 1.54) is 12.8 Å². The van der Waals surface area contributed by atoms with Crippen molar-refractivity contribution in [1.82, 2.24) is 0 Å². The molecule has 12 heavy (non-hydrogen) atoms. The van der Waals surface area contributed by atoms with E-state index in [4.69, 9.17) is 9.84 Å². The van der Waals surface area contributed by atoms with Crippen LogP contribution in [0.25, 0.3) is 0 Å². The van der Waals surface area contributed by atoms with E-state index in [2.05, 4.69) is 12.2 Å². The molecule has 0 amide bonds. The summed E-state index contributed by atoms with van der Waals surface area (Å²) in [4.78, 5) is 0. The fourth-order valence-corrected chi connectivity index (χ4v) is 1.83. The molecule has 0 aromatic rings. The van der Waals surface area contributed by atoms with Gasteiger partial charge in [-0.1, -0.05) is 18.6 Å². The molecule has 0 bridgehead atoms. The van der Waals surface area contributed by atoms with Crippen LogP contribution in [0.15, 0.2) is 12.2 Å². The Kier molecular flexibility index (Phi) is 4.33. The summed E-state index contributed by atoms with van der Waals surface area (Å²) in [5, 5.41) is 8.60. The number of aliphatic hydroxyl groups is 1. The molecule has 0 radical (unpaired) electrons. The molecule has 0 aromatic carbocycles. The van der Waals surface area contributed by atoms with Gasteiger partial charge in [0.05, 0.1) is 19.3 Å². The van der Waals surface area contributed by atoms with Gasteiger partial charge >= 0.3 is 0 Å². The number of rotatable bonds is 4. The highest BCUT2D eigenvalue weighted by Crippen LogP contribution is 2.29. The van der Waals surface area contributed by atoms with Crippen LogP contribution in [-0.2, 0) is 4.74 Å². The molecule has 1 saturated carbocycles. The second kappa shape index (κ2) is 5.33. The Morgan fingerprint density at radius 2 is 2.33 bits per heavy atom. The molecule has 0 aromatic heterocycles. The number of hydrogen-bond donors (Lipinski definition) is 1. The van der Waals surface area contributed by atoms with Gasteiger partial charge in [0.2, 0.25) is 0 Å². The second-order valence-corrected chi connectivity index (χ2v) is 3.25. The van der Waals surface area contributed by atoms with Crippen molar-refractivity contribution in [2.75, 3.05) is 13.2 Å². The molecule has 1 aliphatic rings. The minimum atomic E-state index is 0.138. The van der Waals surface area contributed by atoms with E-state index < -0.39 is 0 Å². The second-order valence-electron chi connectivity index (χ2n) is 3.25. The predicted octanol–water partition coefficient (Wildman–Crippen LogP) is 1.74. The van der Waals surface area contributed by atoms with Gasteiger partial charge in [-0.2, -0.15) is 0 Å². The molecule has 1 fully saturated rings. The van der Waals surface area contributed by atoms with Gasteiger partial charge in [0.1, 0.15) is 0 Å². The standard InChI is InChI=1S/C10H18O2/c1-2-4-9-5-3-6-10(9)12-8-7-11/h2,4,9-11H,3,5-8H2,1H3/b4-2+/t9-,10-/m0/s1. The minimum absolute atomic E-state index is 0.138. The summed E-state index contributed by atoms with van der Waals surface area (Å²) in [5.74, 6) is 0.585. The van der Waals surface area contributed by atoms with Gasteiger partial charge in [0, 0.05) is 5.92 Å². The molecule has 0 aliphatic heterocycles. The van der Waals surface area contributed by atoms with Crippen molar-refractivity contribution >= 4 is 0 Å². The predicted molar refractivity (Wildman–Crippen MR) is 49.0 cm³/mol. The van der Waals surface area contributed by atoms with Gasteiger partial charge in [-0.25, -0.2) is 0 Å². The summed E-state index contributed by atoms with van der Waals surface area (Å²) in [5.41, 5.74) is 0. The Labute approximate surface area is 74.2 Å². The van der Waals surface area contributed by atoms with E-state index >= 15 is 0 Å². The third-order valence-corrected chi connectivity index (χ3v) is 2.37. The van der Waals surface area contributed by atoms with Crippen molar-refractivity contribution in [3.63, 3.8) is 0 Å². The lowest BCUT2D eigenvalue weighted by molar-refractivity contribution is 0.0177. The zero-order valence-corrected chi connectivity index (χ0v) is 7.70. The third-order valence-electron chi connectivity index (χ3n) is 2.37. The van der Waals surface area contributed by atoms with Gasteiger partial charge in [0.25, 0.3) is 0 Å². The summed E-state index contributed by atoms with van der Waals surface area (Å²) < 4.78 is 5.52. The van der Waals surface area contributed by atoms with E-state index in [0.29, 0.717) is 18.6 Å². The maximum absolute atomic E-state index is 8.60. The highest BCUT2D eigenvalue weighted by molar-refractivity contribution is 4.94. The molecule has 0 spiro atoms. The smallest absolute Gasteiger partial charge is 0.0701 e. The zero-order valence-electron chi connectivity index (χ0n) is 7.70. The molecule has 1 aliphatic carbocycles. The van der Waals surface area contributed by atoms with Crippen LogP contribution in [0, 0.1) is 5.92 Å². The van der Waals surface area contributed by atoms with Crippen molar-refractivity contribution in [3.05, 3.63) is 12.2 Å². The minimum Gasteiger partial charge on any atom is -0.394 e. The maximum atomic E-state index is 8.60. The topological polar surface area (TPSA) is 29.5 Å². The van der Waals surface area contributed by atoms with Crippen LogP contribution in [0.5, 0.6) is 0 Å². The van der Waals surface area contributed by atoms with Crippen LogP contribution in [-0.4, -0.2) is 24.4 Å². The molecule has 1 rings (SSSR count). The summed E-state index contributed by atoms with van der Waals surface area (Å²) >= 11 is 0. The Morgan fingerprint density at radius 1 is 1.50 bits per heavy atom. The maximum Gasteiger partial charge on any atom is 0.0701 e. The lowest BCUT2D eigenvalue weighted by atomic mass is 10.1. The zero-order chi connectivity index (χ0) is 8.81. The van der Waals surface area contributed by atoms with E-state index in [0.717, 1.165) is 6.42 Å². The molecule has 0 heterocycles. The normalized spacial score (nSPS) is 30.2. The summed E-state index contributed by atoms with van der Waals surface area (Å²) in [6, 6.07) is 0. The molecule has 0 unspecified atom stereocenters. The van der Waals surface area contributed by atoms with Gasteiger partial charge in [-0.15, -0.1) is 0 Å². The highest BCUT2D eigenvalue weighted by atomic mass is 16.5. The lowest BCUT2D eigenvalue weighted by Crippen LogP contribution is -2.18. The monoisotopic (exact) mass is 170 g/mol. The first-order valence-corrected chi connectivity index (χ1v) is 4.73. The van der Waals surface area contributed by atoms with Gasteiger partial charge < -0.3 is 9.84 Å².